The van der Waals surface area contributed by atoms with Gasteiger partial charge in [0, 0.05) is 29.1 Å². The maximum absolute atomic E-state index is 3.84. The summed E-state index contributed by atoms with van der Waals surface area (Å²) in [4.78, 5) is 0. The predicted molar refractivity (Wildman–Crippen MR) is 61.8 cm³/mol. The normalized spacial score (nSPS) is 47.1. The Kier molecular flexibility index (Phi) is 2.73. The number of rotatable bonds is 2. The maximum Gasteiger partial charge on any atom is 0.0207 e. The molecule has 2 N–H and O–H groups in total. The van der Waals surface area contributed by atoms with Gasteiger partial charge < -0.3 is 10.6 Å². The van der Waals surface area contributed by atoms with E-state index in [1.54, 1.807) is 0 Å². The minimum atomic E-state index is 0.766. The van der Waals surface area contributed by atoms with Crippen LogP contribution in [0, 0.1) is 0 Å². The third-order valence-electron chi connectivity index (χ3n) is 3.82. The fourth-order valence-electron chi connectivity index (χ4n) is 3.12. The second-order valence-corrected chi connectivity index (χ2v) is 6.59. The molecule has 80 valence electrons. The molecule has 0 aromatic heterocycles. The Labute approximate surface area is 90.6 Å². The molecule has 0 spiro atoms. The summed E-state index contributed by atoms with van der Waals surface area (Å²) in [5.74, 6) is 0. The van der Waals surface area contributed by atoms with Gasteiger partial charge in [-0.1, -0.05) is 0 Å². The number of thioether (sulfide) groups is 1. The Morgan fingerprint density at radius 3 is 2.43 bits per heavy atom. The van der Waals surface area contributed by atoms with E-state index in [4.69, 9.17) is 0 Å². The lowest BCUT2D eigenvalue weighted by molar-refractivity contribution is 0.403. The van der Waals surface area contributed by atoms with E-state index in [-0.39, 0.29) is 0 Å². The van der Waals surface area contributed by atoms with Gasteiger partial charge in [-0.2, -0.15) is 11.8 Å². The molecular formula is C11H20N2S. The molecule has 0 saturated carbocycles. The fourth-order valence-corrected chi connectivity index (χ4v) is 4.90. The maximum atomic E-state index is 3.84. The summed E-state index contributed by atoms with van der Waals surface area (Å²) in [7, 11) is 0. The number of fused-ring (bicyclic) bond motifs is 2. The van der Waals surface area contributed by atoms with Crippen molar-refractivity contribution in [2.45, 2.75) is 54.7 Å². The SMILES string of the molecule is C1CC(NC2CC3CCC(C2)S3)CN1. The van der Waals surface area contributed by atoms with E-state index in [0.717, 1.165) is 22.6 Å². The zero-order valence-corrected chi connectivity index (χ0v) is 9.48. The van der Waals surface area contributed by atoms with Crippen LogP contribution in [-0.4, -0.2) is 35.7 Å². The average Bonchev–Trinajstić information content (AvgIpc) is 2.77. The Morgan fingerprint density at radius 1 is 1.00 bits per heavy atom. The molecule has 3 aliphatic rings. The number of hydrogen-bond donors (Lipinski definition) is 2. The van der Waals surface area contributed by atoms with Gasteiger partial charge in [-0.15, -0.1) is 0 Å². The minimum absolute atomic E-state index is 0.766. The average molecular weight is 212 g/mol. The zero-order chi connectivity index (χ0) is 9.38. The summed E-state index contributed by atoms with van der Waals surface area (Å²) in [6.45, 7) is 2.41. The van der Waals surface area contributed by atoms with Gasteiger partial charge in [-0.05, 0) is 38.6 Å². The molecule has 3 aliphatic heterocycles. The third kappa shape index (κ3) is 1.95. The van der Waals surface area contributed by atoms with Crippen LogP contribution in [0.2, 0.25) is 0 Å². The van der Waals surface area contributed by atoms with Crippen LogP contribution >= 0.6 is 11.8 Å². The highest BCUT2D eigenvalue weighted by molar-refractivity contribution is 8.00. The largest absolute Gasteiger partial charge is 0.315 e. The van der Waals surface area contributed by atoms with Crippen molar-refractivity contribution in [3.05, 3.63) is 0 Å². The summed E-state index contributed by atoms with van der Waals surface area (Å²) in [6.07, 6.45) is 7.15. The lowest BCUT2D eigenvalue weighted by Gasteiger charge is -2.30. The van der Waals surface area contributed by atoms with Crippen LogP contribution in [0.1, 0.15) is 32.1 Å². The molecule has 3 atom stereocenters. The first kappa shape index (κ1) is 9.49. The van der Waals surface area contributed by atoms with Crippen molar-refractivity contribution in [3.63, 3.8) is 0 Å². The molecule has 2 bridgehead atoms. The van der Waals surface area contributed by atoms with E-state index in [1.807, 2.05) is 0 Å². The standard InChI is InChI=1S/C11H20N2S/c1-2-11-6-9(5-10(1)14-11)13-8-3-4-12-7-8/h8-13H,1-7H2. The molecule has 3 unspecified atom stereocenters. The molecule has 0 aromatic rings. The van der Waals surface area contributed by atoms with Crippen LogP contribution in [0.4, 0.5) is 0 Å². The van der Waals surface area contributed by atoms with Crippen molar-refractivity contribution < 1.29 is 0 Å². The van der Waals surface area contributed by atoms with E-state index in [9.17, 15) is 0 Å². The number of hydrogen-bond acceptors (Lipinski definition) is 3. The Hall–Kier alpha value is 0.270. The van der Waals surface area contributed by atoms with Crippen molar-refractivity contribution in [2.24, 2.45) is 0 Å². The fraction of sp³-hybridized carbons (Fsp3) is 1.00. The summed E-state index contributed by atoms with van der Waals surface area (Å²) >= 11 is 2.26. The van der Waals surface area contributed by atoms with Gasteiger partial charge in [-0.25, -0.2) is 0 Å². The van der Waals surface area contributed by atoms with Gasteiger partial charge in [0.25, 0.3) is 0 Å². The summed E-state index contributed by atoms with van der Waals surface area (Å²) < 4.78 is 0. The lowest BCUT2D eigenvalue weighted by atomic mass is 10.1. The molecule has 3 rings (SSSR count). The quantitative estimate of drug-likeness (QED) is 0.723. The first-order chi connectivity index (χ1) is 6.90. The van der Waals surface area contributed by atoms with Crippen LogP contribution in [0.25, 0.3) is 0 Å². The second kappa shape index (κ2) is 4.03. The van der Waals surface area contributed by atoms with E-state index in [0.29, 0.717) is 0 Å². The molecule has 2 nitrogen and oxygen atoms in total. The first-order valence-corrected chi connectivity index (χ1v) is 6.96. The summed E-state index contributed by atoms with van der Waals surface area (Å²) in [5.41, 5.74) is 0. The van der Waals surface area contributed by atoms with E-state index in [1.165, 1.54) is 45.2 Å². The Bertz CT molecular complexity index is 191. The van der Waals surface area contributed by atoms with Crippen molar-refractivity contribution in [2.75, 3.05) is 13.1 Å². The van der Waals surface area contributed by atoms with Crippen molar-refractivity contribution in [1.29, 1.82) is 0 Å². The molecule has 0 aromatic carbocycles. The van der Waals surface area contributed by atoms with E-state index < -0.39 is 0 Å². The molecule has 3 fully saturated rings. The van der Waals surface area contributed by atoms with Crippen molar-refractivity contribution >= 4 is 11.8 Å². The highest BCUT2D eigenvalue weighted by Crippen LogP contribution is 2.43. The van der Waals surface area contributed by atoms with Crippen LogP contribution in [0.15, 0.2) is 0 Å². The Balaban J connectivity index is 1.53. The van der Waals surface area contributed by atoms with Gasteiger partial charge in [0.2, 0.25) is 0 Å². The van der Waals surface area contributed by atoms with Gasteiger partial charge >= 0.3 is 0 Å². The predicted octanol–water partition coefficient (Wildman–Crippen LogP) is 1.36. The van der Waals surface area contributed by atoms with Crippen LogP contribution in [0.3, 0.4) is 0 Å². The third-order valence-corrected chi connectivity index (χ3v) is 5.45. The van der Waals surface area contributed by atoms with Crippen LogP contribution < -0.4 is 10.6 Å². The Morgan fingerprint density at radius 2 is 1.79 bits per heavy atom. The molecule has 14 heavy (non-hydrogen) atoms. The van der Waals surface area contributed by atoms with E-state index in [2.05, 4.69) is 22.4 Å². The molecule has 0 radical (unpaired) electrons. The highest BCUT2D eigenvalue weighted by Gasteiger charge is 2.35. The van der Waals surface area contributed by atoms with Gasteiger partial charge in [0.05, 0.1) is 0 Å². The first-order valence-electron chi connectivity index (χ1n) is 6.02. The van der Waals surface area contributed by atoms with E-state index >= 15 is 0 Å². The van der Waals surface area contributed by atoms with Crippen molar-refractivity contribution in [3.8, 4) is 0 Å². The van der Waals surface area contributed by atoms with Crippen LogP contribution in [0.5, 0.6) is 0 Å². The molecule has 3 saturated heterocycles. The topological polar surface area (TPSA) is 24.1 Å². The highest BCUT2D eigenvalue weighted by atomic mass is 32.2. The molecular weight excluding hydrogens is 192 g/mol. The smallest absolute Gasteiger partial charge is 0.0207 e. The molecule has 0 aliphatic carbocycles. The van der Waals surface area contributed by atoms with Gasteiger partial charge in [0.1, 0.15) is 0 Å². The monoisotopic (exact) mass is 212 g/mol. The van der Waals surface area contributed by atoms with Gasteiger partial charge in [-0.3, -0.25) is 0 Å². The molecule has 3 heterocycles. The van der Waals surface area contributed by atoms with Crippen molar-refractivity contribution in [1.82, 2.24) is 10.6 Å². The second-order valence-electron chi connectivity index (χ2n) is 4.98. The minimum Gasteiger partial charge on any atom is -0.315 e. The zero-order valence-electron chi connectivity index (χ0n) is 8.67. The lowest BCUT2D eigenvalue weighted by Crippen LogP contribution is -2.43. The molecule has 3 heteroatoms. The van der Waals surface area contributed by atoms with Crippen LogP contribution in [-0.2, 0) is 0 Å². The number of nitrogens with one attached hydrogen (secondary N) is 2. The summed E-state index contributed by atoms with van der Waals surface area (Å²) in [6, 6.07) is 1.60. The molecule has 0 amide bonds. The van der Waals surface area contributed by atoms with Gasteiger partial charge in [0.15, 0.2) is 0 Å². The summed E-state index contributed by atoms with van der Waals surface area (Å²) in [5, 5.41) is 9.25.